The van der Waals surface area contributed by atoms with Gasteiger partial charge in [0.15, 0.2) is 5.17 Å². The maximum Gasteiger partial charge on any atom is 0.199 e. The number of hydrazone groups is 1. The number of anilines is 2. The SMILES string of the molecule is c1ccc(N/N=C(/NNc2ccccc2)SCc2nc3ccccc3[nH]2)cc1. The lowest BCUT2D eigenvalue weighted by Gasteiger charge is -2.12. The lowest BCUT2D eigenvalue weighted by Crippen LogP contribution is -2.28. The van der Waals surface area contributed by atoms with Gasteiger partial charge < -0.3 is 4.98 Å². The number of thioether (sulfide) groups is 1. The van der Waals surface area contributed by atoms with Gasteiger partial charge in [-0.05, 0) is 36.4 Å². The Morgan fingerprint density at radius 1 is 0.857 bits per heavy atom. The van der Waals surface area contributed by atoms with E-state index in [1.165, 1.54) is 0 Å². The van der Waals surface area contributed by atoms with Crippen molar-refractivity contribution in [1.29, 1.82) is 0 Å². The second-order valence-corrected chi connectivity index (χ2v) is 6.96. The topological polar surface area (TPSA) is 77.1 Å². The van der Waals surface area contributed by atoms with Crippen molar-refractivity contribution in [3.63, 3.8) is 0 Å². The maximum absolute atomic E-state index is 4.62. The van der Waals surface area contributed by atoms with Crippen LogP contribution in [-0.2, 0) is 5.75 Å². The van der Waals surface area contributed by atoms with Crippen molar-refractivity contribution in [3.8, 4) is 0 Å². The van der Waals surface area contributed by atoms with Crippen LogP contribution < -0.4 is 16.3 Å². The summed E-state index contributed by atoms with van der Waals surface area (Å²) in [4.78, 5) is 7.96. The number of amidine groups is 1. The average molecular weight is 389 g/mol. The van der Waals surface area contributed by atoms with Crippen LogP contribution in [0.25, 0.3) is 11.0 Å². The van der Waals surface area contributed by atoms with E-state index in [0.717, 1.165) is 28.2 Å². The van der Waals surface area contributed by atoms with E-state index in [4.69, 9.17) is 0 Å². The molecule has 0 amide bonds. The van der Waals surface area contributed by atoms with Gasteiger partial charge in [0.05, 0.1) is 28.2 Å². The summed E-state index contributed by atoms with van der Waals surface area (Å²) in [6.07, 6.45) is 0. The summed E-state index contributed by atoms with van der Waals surface area (Å²) in [5.41, 5.74) is 13.3. The molecule has 0 fully saturated rings. The molecule has 4 aromatic rings. The number of rotatable bonds is 6. The molecule has 0 spiro atoms. The van der Waals surface area contributed by atoms with E-state index in [2.05, 4.69) is 31.3 Å². The highest BCUT2D eigenvalue weighted by Gasteiger charge is 2.06. The molecule has 0 unspecified atom stereocenters. The van der Waals surface area contributed by atoms with E-state index >= 15 is 0 Å². The van der Waals surface area contributed by atoms with E-state index in [9.17, 15) is 0 Å². The van der Waals surface area contributed by atoms with E-state index in [1.807, 2.05) is 84.9 Å². The zero-order valence-electron chi connectivity index (χ0n) is 15.1. The minimum absolute atomic E-state index is 0.660. The molecular formula is C21H20N6S. The van der Waals surface area contributed by atoms with Gasteiger partial charge in [0.1, 0.15) is 5.82 Å². The van der Waals surface area contributed by atoms with Crippen molar-refractivity contribution in [2.75, 3.05) is 10.9 Å². The van der Waals surface area contributed by atoms with Gasteiger partial charge in [-0.3, -0.25) is 16.3 Å². The van der Waals surface area contributed by atoms with Crippen molar-refractivity contribution >= 4 is 39.3 Å². The number of nitrogens with zero attached hydrogens (tertiary/aromatic N) is 2. The zero-order chi connectivity index (χ0) is 19.0. The maximum atomic E-state index is 4.62. The molecule has 0 aliphatic carbocycles. The lowest BCUT2D eigenvalue weighted by molar-refractivity contribution is 1.12. The molecule has 28 heavy (non-hydrogen) atoms. The number of imidazole rings is 1. The quantitative estimate of drug-likeness (QED) is 0.217. The van der Waals surface area contributed by atoms with Crippen LogP contribution in [0.3, 0.4) is 0 Å². The monoisotopic (exact) mass is 388 g/mol. The van der Waals surface area contributed by atoms with Crippen LogP contribution in [-0.4, -0.2) is 15.1 Å². The highest BCUT2D eigenvalue weighted by atomic mass is 32.2. The number of hydrazine groups is 1. The number of para-hydroxylation sites is 4. The van der Waals surface area contributed by atoms with Crippen LogP contribution in [0.2, 0.25) is 0 Å². The molecule has 1 aromatic heterocycles. The number of hydrogen-bond donors (Lipinski definition) is 4. The number of benzene rings is 3. The van der Waals surface area contributed by atoms with Gasteiger partial charge in [0.2, 0.25) is 0 Å². The van der Waals surface area contributed by atoms with Crippen LogP contribution >= 0.6 is 11.8 Å². The predicted octanol–water partition coefficient (Wildman–Crippen LogP) is 4.80. The second kappa shape index (κ2) is 8.96. The molecule has 0 radical (unpaired) electrons. The summed E-state index contributed by atoms with van der Waals surface area (Å²) in [5, 5.41) is 5.19. The van der Waals surface area contributed by atoms with Crippen molar-refractivity contribution < 1.29 is 0 Å². The Bertz CT molecular complexity index is 1010. The molecule has 0 saturated carbocycles. The highest BCUT2D eigenvalue weighted by Crippen LogP contribution is 2.16. The lowest BCUT2D eigenvalue weighted by atomic mass is 10.3. The summed E-state index contributed by atoms with van der Waals surface area (Å²) < 4.78 is 0. The van der Waals surface area contributed by atoms with Gasteiger partial charge in [-0.15, -0.1) is 5.10 Å². The number of nitrogens with one attached hydrogen (secondary N) is 4. The zero-order valence-corrected chi connectivity index (χ0v) is 15.9. The molecule has 0 aliphatic rings. The average Bonchev–Trinajstić information content (AvgIpc) is 3.18. The van der Waals surface area contributed by atoms with Crippen LogP contribution in [0.4, 0.5) is 11.4 Å². The minimum Gasteiger partial charge on any atom is -0.341 e. The first kappa shape index (κ1) is 17.9. The van der Waals surface area contributed by atoms with E-state index in [0.29, 0.717) is 10.9 Å². The van der Waals surface area contributed by atoms with Gasteiger partial charge >= 0.3 is 0 Å². The molecule has 140 valence electrons. The molecule has 4 rings (SSSR count). The summed E-state index contributed by atoms with van der Waals surface area (Å²) in [6.45, 7) is 0. The van der Waals surface area contributed by atoms with Crippen LogP contribution in [0.15, 0.2) is 90.0 Å². The summed E-state index contributed by atoms with van der Waals surface area (Å²) in [5.74, 6) is 1.56. The molecule has 7 heteroatoms. The standard InChI is InChI=1S/C21H20N6S/c1-3-9-16(10-4-1)24-26-21(27-25-17-11-5-2-6-12-17)28-15-20-22-18-13-7-8-14-19(18)23-20/h1-14,24-25H,15H2,(H,22,23)(H,26,27). The molecule has 0 aliphatic heterocycles. The molecule has 1 heterocycles. The normalized spacial score (nSPS) is 11.4. The number of H-pyrrole nitrogens is 1. The fraction of sp³-hybridized carbons (Fsp3) is 0.0476. The van der Waals surface area contributed by atoms with Crippen LogP contribution in [0.1, 0.15) is 5.82 Å². The smallest absolute Gasteiger partial charge is 0.199 e. The van der Waals surface area contributed by atoms with Gasteiger partial charge in [-0.25, -0.2) is 4.98 Å². The number of fused-ring (bicyclic) bond motifs is 1. The van der Waals surface area contributed by atoms with Gasteiger partial charge in [0, 0.05) is 0 Å². The molecule has 3 aromatic carbocycles. The summed E-state index contributed by atoms with van der Waals surface area (Å²) in [7, 11) is 0. The van der Waals surface area contributed by atoms with Gasteiger partial charge in [-0.1, -0.05) is 60.3 Å². The predicted molar refractivity (Wildman–Crippen MR) is 118 cm³/mol. The van der Waals surface area contributed by atoms with Crippen molar-refractivity contribution in [2.24, 2.45) is 5.10 Å². The van der Waals surface area contributed by atoms with E-state index < -0.39 is 0 Å². The Balaban J connectivity index is 1.44. The Hall–Kier alpha value is -3.45. The largest absolute Gasteiger partial charge is 0.341 e. The third-order valence-corrected chi connectivity index (χ3v) is 4.82. The number of aromatic nitrogens is 2. The first-order valence-electron chi connectivity index (χ1n) is 8.89. The highest BCUT2D eigenvalue weighted by molar-refractivity contribution is 8.13. The molecule has 0 atom stereocenters. The third-order valence-electron chi connectivity index (χ3n) is 3.93. The Kier molecular flexibility index (Phi) is 5.74. The number of hydrogen-bond acceptors (Lipinski definition) is 5. The minimum atomic E-state index is 0.660. The first-order chi connectivity index (χ1) is 13.9. The Labute approximate surface area is 167 Å². The van der Waals surface area contributed by atoms with Gasteiger partial charge in [0.25, 0.3) is 0 Å². The third kappa shape index (κ3) is 4.83. The first-order valence-corrected chi connectivity index (χ1v) is 9.88. The molecule has 6 nitrogen and oxygen atoms in total. The van der Waals surface area contributed by atoms with E-state index in [-0.39, 0.29) is 0 Å². The fourth-order valence-electron chi connectivity index (χ4n) is 2.58. The number of aromatic amines is 1. The summed E-state index contributed by atoms with van der Waals surface area (Å²) in [6, 6.07) is 27.8. The van der Waals surface area contributed by atoms with Crippen molar-refractivity contribution in [1.82, 2.24) is 15.4 Å². The fourth-order valence-corrected chi connectivity index (χ4v) is 3.23. The van der Waals surface area contributed by atoms with E-state index in [1.54, 1.807) is 11.8 Å². The van der Waals surface area contributed by atoms with Crippen LogP contribution in [0, 0.1) is 0 Å². The summed E-state index contributed by atoms with van der Waals surface area (Å²) >= 11 is 1.55. The Morgan fingerprint density at radius 3 is 2.29 bits per heavy atom. The Morgan fingerprint density at radius 2 is 1.54 bits per heavy atom. The molecule has 0 bridgehead atoms. The van der Waals surface area contributed by atoms with Crippen LogP contribution in [0.5, 0.6) is 0 Å². The van der Waals surface area contributed by atoms with Crippen molar-refractivity contribution in [3.05, 3.63) is 90.8 Å². The van der Waals surface area contributed by atoms with Crippen molar-refractivity contribution in [2.45, 2.75) is 5.75 Å². The molecule has 4 N–H and O–H groups in total. The second-order valence-electron chi connectivity index (χ2n) is 6.00. The molecular weight excluding hydrogens is 368 g/mol. The van der Waals surface area contributed by atoms with Gasteiger partial charge in [-0.2, -0.15) is 0 Å². The molecule has 0 saturated heterocycles.